The Morgan fingerprint density at radius 1 is 0.515 bits per heavy atom. The summed E-state index contributed by atoms with van der Waals surface area (Å²) in [7, 11) is -1.57. The number of halogens is 12. The molecule has 10 rings (SSSR count). The molecule has 5 aromatic heterocycles. The number of benzene rings is 5. The van der Waals surface area contributed by atoms with E-state index in [2.05, 4.69) is 117 Å². The van der Waals surface area contributed by atoms with Crippen molar-refractivity contribution in [3.05, 3.63) is 239 Å². The number of fused-ring (bicyclic) bond motifs is 2. The molecule has 0 aliphatic carbocycles. The lowest BCUT2D eigenvalue weighted by Crippen LogP contribution is -3.00. The Balaban J connectivity index is 0.000000290. The number of aryl methyl sites for hydroxylation is 3. The van der Waals surface area contributed by atoms with E-state index in [-0.39, 0.29) is 86.5 Å². The molecular weight excluding hydrogens is 1600 g/mol. The van der Waals surface area contributed by atoms with Gasteiger partial charge >= 0.3 is 18.5 Å². The van der Waals surface area contributed by atoms with Gasteiger partial charge in [0.05, 0.1) is 70.9 Å². The van der Waals surface area contributed by atoms with E-state index in [1.54, 1.807) is 78.7 Å². The zero-order valence-electron chi connectivity index (χ0n) is 52.8. The fourth-order valence-electron chi connectivity index (χ4n) is 8.61. The van der Waals surface area contributed by atoms with E-state index in [0.717, 1.165) is 107 Å². The number of imidazole rings is 2. The Hall–Kier alpha value is -8.91. The van der Waals surface area contributed by atoms with Crippen molar-refractivity contribution in [3.63, 3.8) is 0 Å². The summed E-state index contributed by atoms with van der Waals surface area (Å²) in [5.41, 5.74) is 10.1. The second-order valence-electron chi connectivity index (χ2n) is 22.7. The molecule has 0 unspecified atom stereocenters. The highest BCUT2D eigenvalue weighted by molar-refractivity contribution is 14.1. The minimum Gasteiger partial charge on any atom is -1.00 e. The number of ketones is 3. The smallest absolute Gasteiger partial charge is 0.416 e. The number of rotatable bonds is 11. The first-order valence-corrected chi connectivity index (χ1v) is 34.2. The first kappa shape index (κ1) is 82.5. The SMILES string of the molecule is C.C.CC(=O)Cn1cnc2cc(Br)ccc21.CC(=O)Cn1cnc2cc(C#Cc3cc(C(=O)Cc4cc(C(F)(F)F)ccn4)ccc3C)ccc21.Cc1ccc(C(=O)Nc2cc(C(F)(F)F)ccn2)cc1C#C[Si](C)(C)C.Cc1ccc(C(=O)Nc2cc(C(F)(F)F)ccn2)cc1I.[I-]. The van der Waals surface area contributed by atoms with Crippen molar-refractivity contribution in [1.82, 2.24) is 34.1 Å². The highest BCUT2D eigenvalue weighted by atomic mass is 127. The second-order valence-corrected chi connectivity index (χ2v) is 29.5. The van der Waals surface area contributed by atoms with E-state index in [4.69, 9.17) is 0 Å². The molecular formula is C72H66BrF9I2N9O5Si-. The summed E-state index contributed by atoms with van der Waals surface area (Å²) in [4.78, 5) is 79.4. The predicted molar refractivity (Wildman–Crippen MR) is 376 cm³/mol. The van der Waals surface area contributed by atoms with Crippen molar-refractivity contribution < 1.29 is 87.5 Å². The van der Waals surface area contributed by atoms with Crippen molar-refractivity contribution in [3.8, 4) is 23.3 Å². The normalized spacial score (nSPS) is 10.9. The number of amides is 2. The standard InChI is InChI=1S/C27H20F3N3O2.C19H19F3N2OSi.C14H10F3IN2O.C10H9BrN2O.2CH4.HI/c1-17-3-6-21(26(35)14-23-13-22(9-10-31-23)27(28,29)30)12-20(17)7-4-19-5-8-25-24(11-19)32-16-33(25)15-18(2)34;1-13-5-6-15(11-14(13)8-10-26(2,3)4)18(25)24-17-12-16(7-9-23-17)19(20,21)22;1-8-2-3-9(6-11(8)18)13(21)20-12-7-10(4-5-19-12)14(15,16)17;1-7(14)5-13-6-12-9-4-8(11)2-3-10(9)13;;;/h3,5-6,8-13,16H,14-15H2,1-2H3;5-7,9,11-12H,1-4H3,(H,23,24,25);2-7H,1H3,(H,19,20,21);2-4,6H,5H2,1H3;2*1H4;1H/p-1. The number of aromatic nitrogens is 7. The van der Waals surface area contributed by atoms with Gasteiger partial charge in [-0.1, -0.05) is 92.5 Å². The minimum atomic E-state index is -4.50. The van der Waals surface area contributed by atoms with Gasteiger partial charge < -0.3 is 43.7 Å². The summed E-state index contributed by atoms with van der Waals surface area (Å²) >= 11 is 5.46. The molecule has 0 spiro atoms. The first-order valence-electron chi connectivity index (χ1n) is 28.8. The van der Waals surface area contributed by atoms with Gasteiger partial charge in [-0.15, -0.1) is 5.54 Å². The summed E-state index contributed by atoms with van der Waals surface area (Å²) in [6.45, 7) is 15.7. The number of hydrogen-bond donors (Lipinski definition) is 2. The predicted octanol–water partition coefficient (Wildman–Crippen LogP) is 15.0. The van der Waals surface area contributed by atoms with Gasteiger partial charge in [0.1, 0.15) is 31.3 Å². The van der Waals surface area contributed by atoms with Gasteiger partial charge in [-0.3, -0.25) is 29.0 Å². The number of hydrogen-bond acceptors (Lipinski definition) is 10. The van der Waals surface area contributed by atoms with Gasteiger partial charge in [0, 0.05) is 65.7 Å². The third-order valence-electron chi connectivity index (χ3n) is 13.5. The van der Waals surface area contributed by atoms with Crippen LogP contribution in [0.25, 0.3) is 22.1 Å². The van der Waals surface area contributed by atoms with Crippen LogP contribution in [0.1, 0.15) is 116 Å². The molecule has 14 nitrogen and oxygen atoms in total. The van der Waals surface area contributed by atoms with Crippen LogP contribution in [0.2, 0.25) is 19.6 Å². The molecule has 5 aromatic carbocycles. The van der Waals surface area contributed by atoms with E-state index in [1.165, 1.54) is 6.92 Å². The monoisotopic (exact) mass is 1670 g/mol. The van der Waals surface area contributed by atoms with Gasteiger partial charge in [-0.2, -0.15) is 39.5 Å². The lowest BCUT2D eigenvalue weighted by molar-refractivity contribution is -0.138. The van der Waals surface area contributed by atoms with Crippen molar-refractivity contribution in [2.45, 2.75) is 107 Å². The largest absolute Gasteiger partial charge is 1.00 e. The maximum Gasteiger partial charge on any atom is 0.416 e. The molecule has 0 saturated heterocycles. The maximum atomic E-state index is 12.9. The molecule has 10 aromatic rings. The highest BCUT2D eigenvalue weighted by Crippen LogP contribution is 2.33. The van der Waals surface area contributed by atoms with E-state index in [0.29, 0.717) is 34.3 Å². The van der Waals surface area contributed by atoms with Crippen LogP contribution in [-0.4, -0.2) is 71.3 Å². The Labute approximate surface area is 606 Å². The van der Waals surface area contributed by atoms with E-state index < -0.39 is 55.1 Å². The van der Waals surface area contributed by atoms with Crippen LogP contribution in [0.3, 0.4) is 0 Å². The lowest BCUT2D eigenvalue weighted by Gasteiger charge is -2.10. The molecule has 5 heterocycles. The third kappa shape index (κ3) is 24.8. The van der Waals surface area contributed by atoms with Gasteiger partial charge in [-0.05, 0) is 177 Å². The summed E-state index contributed by atoms with van der Waals surface area (Å²) in [6, 6.07) is 31.5. The minimum absolute atomic E-state index is 0. The number of pyridine rings is 3. The fraction of sp³-hybridized carbons (Fsp3) is 0.222. The summed E-state index contributed by atoms with van der Waals surface area (Å²) in [6.07, 6.45) is -7.33. The zero-order chi connectivity index (χ0) is 70.5. The van der Waals surface area contributed by atoms with Crippen molar-refractivity contribution >= 4 is 109 Å². The summed E-state index contributed by atoms with van der Waals surface area (Å²) in [5.74, 6) is 7.73. The maximum absolute atomic E-state index is 12.9. The first-order chi connectivity index (χ1) is 45.0. The molecule has 0 aliphatic heterocycles. The molecule has 518 valence electrons. The zero-order valence-corrected chi connectivity index (χ0v) is 59.7. The molecule has 27 heteroatoms. The van der Waals surface area contributed by atoms with Crippen LogP contribution in [0.15, 0.2) is 163 Å². The molecule has 0 bridgehead atoms. The average molecular weight is 1670 g/mol. The Bertz CT molecular complexity index is 4720. The number of nitrogens with one attached hydrogen (secondary N) is 2. The third-order valence-corrected chi connectivity index (χ3v) is 16.1. The Kier molecular flexibility index (Phi) is 29.8. The average Bonchev–Trinajstić information content (AvgIpc) is 1.76. The van der Waals surface area contributed by atoms with Gasteiger partial charge in [0.2, 0.25) is 0 Å². The van der Waals surface area contributed by atoms with E-state index in [9.17, 15) is 63.5 Å². The topological polar surface area (TPSA) is 184 Å². The van der Waals surface area contributed by atoms with Crippen LogP contribution in [0, 0.1) is 47.6 Å². The van der Waals surface area contributed by atoms with Crippen LogP contribution in [0.4, 0.5) is 51.1 Å². The van der Waals surface area contributed by atoms with Gasteiger partial charge in [-0.25, -0.2) is 19.9 Å². The molecule has 2 N–H and O–H groups in total. The highest BCUT2D eigenvalue weighted by Gasteiger charge is 2.33. The van der Waals surface area contributed by atoms with Crippen LogP contribution >= 0.6 is 38.5 Å². The van der Waals surface area contributed by atoms with Crippen molar-refractivity contribution in [2.24, 2.45) is 0 Å². The molecule has 0 aliphatic rings. The summed E-state index contributed by atoms with van der Waals surface area (Å²) in [5, 5.41) is 4.76. The number of carbonyl (C=O) groups excluding carboxylic acids is 5. The van der Waals surface area contributed by atoms with Crippen molar-refractivity contribution in [2.75, 3.05) is 10.6 Å². The molecule has 0 atom stereocenters. The number of alkyl halides is 9. The van der Waals surface area contributed by atoms with Crippen LogP contribution < -0.4 is 34.6 Å². The molecule has 2 amide bonds. The Morgan fingerprint density at radius 2 is 0.949 bits per heavy atom. The number of nitrogens with zero attached hydrogens (tertiary/aromatic N) is 7. The number of Topliss-reactive ketones (excluding diaryl/α,β-unsaturated/α-hetero) is 3. The van der Waals surface area contributed by atoms with Gasteiger partial charge in [0.15, 0.2) is 5.78 Å². The van der Waals surface area contributed by atoms with Gasteiger partial charge in [0.25, 0.3) is 11.8 Å². The number of anilines is 2. The Morgan fingerprint density at radius 3 is 1.43 bits per heavy atom. The summed E-state index contributed by atoms with van der Waals surface area (Å²) < 4.78 is 120. The van der Waals surface area contributed by atoms with Crippen molar-refractivity contribution in [1.29, 1.82) is 0 Å². The van der Waals surface area contributed by atoms with Crippen LogP contribution in [0.5, 0.6) is 0 Å². The molecule has 0 saturated carbocycles. The lowest BCUT2D eigenvalue weighted by atomic mass is 9.99. The molecule has 0 fully saturated rings. The van der Waals surface area contributed by atoms with Crippen LogP contribution in [-0.2, 0) is 47.6 Å². The number of carbonyl (C=O) groups is 5. The quantitative estimate of drug-likeness (QED) is 0.0415. The second kappa shape index (κ2) is 35.7. The fourth-order valence-corrected chi connectivity index (χ4v) is 9.99. The van der Waals surface area contributed by atoms with E-state index >= 15 is 0 Å². The molecule has 0 radical (unpaired) electrons. The van der Waals surface area contributed by atoms with E-state index in [1.807, 2.05) is 61.7 Å². The molecule has 99 heavy (non-hydrogen) atoms.